The van der Waals surface area contributed by atoms with E-state index in [2.05, 4.69) is 6.07 Å². The monoisotopic (exact) mass is 336 g/mol. The van der Waals surface area contributed by atoms with E-state index in [1.54, 1.807) is 31.4 Å². The van der Waals surface area contributed by atoms with Crippen LogP contribution in [-0.4, -0.2) is 37.1 Å². The van der Waals surface area contributed by atoms with Crippen molar-refractivity contribution in [2.75, 3.05) is 20.3 Å². The Morgan fingerprint density at radius 2 is 2.04 bits per heavy atom. The molecule has 0 bridgehead atoms. The third-order valence-corrected chi connectivity index (χ3v) is 4.42. The number of benzene rings is 2. The number of carbonyl (C=O) groups excluding carboxylic acids is 1. The summed E-state index contributed by atoms with van der Waals surface area (Å²) in [6, 6.07) is 16.5. The highest BCUT2D eigenvalue weighted by Crippen LogP contribution is 2.27. The molecule has 2 aromatic carbocycles. The highest BCUT2D eigenvalue weighted by Gasteiger charge is 2.31. The summed E-state index contributed by atoms with van der Waals surface area (Å²) in [4.78, 5) is 14.7. The average Bonchev–Trinajstić information content (AvgIpc) is 2.68. The van der Waals surface area contributed by atoms with Crippen molar-refractivity contribution in [1.82, 2.24) is 4.90 Å². The predicted molar refractivity (Wildman–Crippen MR) is 93.3 cm³/mol. The summed E-state index contributed by atoms with van der Waals surface area (Å²) in [5.41, 5.74) is 2.02. The quantitative estimate of drug-likeness (QED) is 0.864. The summed E-state index contributed by atoms with van der Waals surface area (Å²) < 4.78 is 11.1. The van der Waals surface area contributed by atoms with E-state index in [0.717, 1.165) is 11.3 Å². The van der Waals surface area contributed by atoms with Crippen LogP contribution < -0.4 is 4.74 Å². The number of amides is 1. The van der Waals surface area contributed by atoms with Crippen LogP contribution in [0.2, 0.25) is 0 Å². The molecule has 25 heavy (non-hydrogen) atoms. The lowest BCUT2D eigenvalue weighted by Crippen LogP contribution is -2.48. The molecule has 0 aliphatic carbocycles. The Labute approximate surface area is 147 Å². The van der Waals surface area contributed by atoms with Crippen LogP contribution in [0.25, 0.3) is 0 Å². The van der Waals surface area contributed by atoms with Gasteiger partial charge >= 0.3 is 0 Å². The smallest absolute Gasteiger partial charge is 0.254 e. The number of hydrogen-bond donors (Lipinski definition) is 0. The summed E-state index contributed by atoms with van der Waals surface area (Å²) in [6.07, 6.45) is -0.176. The second-order valence-corrected chi connectivity index (χ2v) is 6.09. The first kappa shape index (κ1) is 17.0. The number of hydrogen-bond acceptors (Lipinski definition) is 4. The number of carbonyl (C=O) groups is 1. The molecule has 128 valence electrons. The molecule has 2 unspecified atom stereocenters. The molecule has 2 aromatic rings. The Balaban J connectivity index is 1.80. The van der Waals surface area contributed by atoms with E-state index in [9.17, 15) is 4.79 Å². The fraction of sp³-hybridized carbons (Fsp3) is 0.300. The predicted octanol–water partition coefficient (Wildman–Crippen LogP) is 3.17. The lowest BCUT2D eigenvalue weighted by molar-refractivity contribution is -0.0486. The van der Waals surface area contributed by atoms with E-state index in [1.165, 1.54) is 0 Å². The van der Waals surface area contributed by atoms with E-state index < -0.39 is 0 Å². The largest absolute Gasteiger partial charge is 0.497 e. The van der Waals surface area contributed by atoms with Gasteiger partial charge in [0.2, 0.25) is 0 Å². The van der Waals surface area contributed by atoms with Gasteiger partial charge in [-0.15, -0.1) is 0 Å². The van der Waals surface area contributed by atoms with Crippen LogP contribution in [0.1, 0.15) is 34.5 Å². The van der Waals surface area contributed by atoms with Gasteiger partial charge < -0.3 is 14.4 Å². The Bertz CT molecular complexity index is 795. The Morgan fingerprint density at radius 3 is 2.72 bits per heavy atom. The number of rotatable bonds is 3. The van der Waals surface area contributed by atoms with Crippen molar-refractivity contribution in [3.63, 3.8) is 0 Å². The number of nitrogens with zero attached hydrogens (tertiary/aromatic N) is 2. The van der Waals surface area contributed by atoms with Gasteiger partial charge in [-0.1, -0.05) is 18.2 Å². The lowest BCUT2D eigenvalue weighted by atomic mass is 10.0. The van der Waals surface area contributed by atoms with Gasteiger partial charge in [-0.05, 0) is 42.8 Å². The molecule has 1 aliphatic heterocycles. The van der Waals surface area contributed by atoms with Gasteiger partial charge in [-0.2, -0.15) is 5.26 Å². The zero-order valence-electron chi connectivity index (χ0n) is 14.3. The minimum atomic E-state index is -0.176. The topological polar surface area (TPSA) is 62.6 Å². The van der Waals surface area contributed by atoms with Gasteiger partial charge in [0, 0.05) is 5.56 Å². The first-order valence-electron chi connectivity index (χ1n) is 8.19. The van der Waals surface area contributed by atoms with E-state index in [4.69, 9.17) is 14.7 Å². The SMILES string of the molecule is COc1ccc(C2CN(C(=O)c3cccc(C#N)c3)C(C)CO2)cc1. The molecule has 3 rings (SSSR count). The van der Waals surface area contributed by atoms with Gasteiger partial charge in [0.15, 0.2) is 0 Å². The summed E-state index contributed by atoms with van der Waals surface area (Å²) in [5, 5.41) is 9.03. The molecule has 1 heterocycles. The second-order valence-electron chi connectivity index (χ2n) is 6.09. The third kappa shape index (κ3) is 3.65. The first-order chi connectivity index (χ1) is 12.1. The minimum Gasteiger partial charge on any atom is -0.497 e. The Hall–Kier alpha value is -2.84. The molecule has 0 N–H and O–H groups in total. The van der Waals surface area contributed by atoms with Crippen molar-refractivity contribution in [3.8, 4) is 11.8 Å². The van der Waals surface area contributed by atoms with Crippen molar-refractivity contribution in [2.45, 2.75) is 19.1 Å². The minimum absolute atomic E-state index is 0.0206. The molecule has 2 atom stereocenters. The standard InChI is InChI=1S/C20H20N2O3/c1-14-13-25-19(16-6-8-18(24-2)9-7-16)12-22(14)20(23)17-5-3-4-15(10-17)11-21/h3-10,14,19H,12-13H2,1-2H3. The molecule has 1 saturated heterocycles. The molecule has 1 amide bonds. The highest BCUT2D eigenvalue weighted by atomic mass is 16.5. The number of methoxy groups -OCH3 is 1. The molecule has 5 heteroatoms. The zero-order chi connectivity index (χ0) is 17.8. The summed E-state index contributed by atoms with van der Waals surface area (Å²) >= 11 is 0. The van der Waals surface area contributed by atoms with Crippen LogP contribution in [0.5, 0.6) is 5.75 Å². The summed E-state index contributed by atoms with van der Waals surface area (Å²) in [6.45, 7) is 2.92. The van der Waals surface area contributed by atoms with Crippen molar-refractivity contribution in [2.24, 2.45) is 0 Å². The third-order valence-electron chi connectivity index (χ3n) is 4.42. The van der Waals surface area contributed by atoms with Crippen LogP contribution in [-0.2, 0) is 4.74 Å². The Kier molecular flexibility index (Phi) is 5.01. The lowest BCUT2D eigenvalue weighted by Gasteiger charge is -2.38. The van der Waals surface area contributed by atoms with Crippen molar-refractivity contribution >= 4 is 5.91 Å². The van der Waals surface area contributed by atoms with Crippen LogP contribution >= 0.6 is 0 Å². The van der Waals surface area contributed by atoms with E-state index in [0.29, 0.717) is 24.3 Å². The van der Waals surface area contributed by atoms with Crippen LogP contribution in [0.3, 0.4) is 0 Å². The van der Waals surface area contributed by atoms with Crippen molar-refractivity contribution in [1.29, 1.82) is 5.26 Å². The zero-order valence-corrected chi connectivity index (χ0v) is 14.3. The Morgan fingerprint density at radius 1 is 1.28 bits per heavy atom. The van der Waals surface area contributed by atoms with E-state index in [-0.39, 0.29) is 18.1 Å². The fourth-order valence-corrected chi connectivity index (χ4v) is 2.95. The molecule has 1 fully saturated rings. The van der Waals surface area contributed by atoms with E-state index in [1.807, 2.05) is 36.1 Å². The molecule has 0 spiro atoms. The normalized spacial score (nSPS) is 20.0. The van der Waals surface area contributed by atoms with Crippen molar-refractivity contribution in [3.05, 3.63) is 65.2 Å². The van der Waals surface area contributed by atoms with Gasteiger partial charge in [-0.25, -0.2) is 0 Å². The van der Waals surface area contributed by atoms with E-state index >= 15 is 0 Å². The van der Waals surface area contributed by atoms with Gasteiger partial charge in [0.25, 0.3) is 5.91 Å². The first-order valence-corrected chi connectivity index (χ1v) is 8.19. The van der Waals surface area contributed by atoms with Crippen LogP contribution in [0, 0.1) is 11.3 Å². The van der Waals surface area contributed by atoms with Gasteiger partial charge in [-0.3, -0.25) is 4.79 Å². The molecule has 0 radical (unpaired) electrons. The van der Waals surface area contributed by atoms with Crippen LogP contribution in [0.15, 0.2) is 48.5 Å². The molecule has 0 aromatic heterocycles. The molecular weight excluding hydrogens is 316 g/mol. The van der Waals surface area contributed by atoms with Crippen LogP contribution in [0.4, 0.5) is 0 Å². The maximum absolute atomic E-state index is 12.9. The second kappa shape index (κ2) is 7.37. The maximum atomic E-state index is 12.9. The van der Waals surface area contributed by atoms with Crippen molar-refractivity contribution < 1.29 is 14.3 Å². The summed E-state index contributed by atoms with van der Waals surface area (Å²) in [5.74, 6) is 0.709. The molecular formula is C20H20N2O3. The average molecular weight is 336 g/mol. The number of ether oxygens (including phenoxy) is 2. The summed E-state index contributed by atoms with van der Waals surface area (Å²) in [7, 11) is 1.63. The fourth-order valence-electron chi connectivity index (χ4n) is 2.95. The number of nitriles is 1. The van der Waals surface area contributed by atoms with Gasteiger partial charge in [0.1, 0.15) is 11.9 Å². The number of morpholine rings is 1. The molecule has 1 aliphatic rings. The van der Waals surface area contributed by atoms with Gasteiger partial charge in [0.05, 0.1) is 37.9 Å². The molecule has 5 nitrogen and oxygen atoms in total. The maximum Gasteiger partial charge on any atom is 0.254 e. The molecule has 0 saturated carbocycles. The highest BCUT2D eigenvalue weighted by molar-refractivity contribution is 5.94.